The van der Waals surface area contributed by atoms with Crippen molar-refractivity contribution < 1.29 is 13.2 Å². The summed E-state index contributed by atoms with van der Waals surface area (Å²) in [6, 6.07) is 0. The molecule has 0 fully saturated rings. The third-order valence-corrected chi connectivity index (χ3v) is 2.80. The predicted octanol–water partition coefficient (Wildman–Crippen LogP) is 4.21. The van der Waals surface area contributed by atoms with E-state index >= 15 is 0 Å². The SMILES string of the molecule is CCCCC(CC)SC(F)(F)F. The van der Waals surface area contributed by atoms with Gasteiger partial charge in [0.05, 0.1) is 0 Å². The summed E-state index contributed by atoms with van der Waals surface area (Å²) < 4.78 is 35.6. The van der Waals surface area contributed by atoms with Gasteiger partial charge >= 0.3 is 5.51 Å². The fourth-order valence-corrected chi connectivity index (χ4v) is 1.80. The summed E-state index contributed by atoms with van der Waals surface area (Å²) in [6.07, 6.45) is 3.14. The van der Waals surface area contributed by atoms with Crippen LogP contribution in [0.15, 0.2) is 0 Å². The van der Waals surface area contributed by atoms with Crippen molar-refractivity contribution in [3.8, 4) is 0 Å². The van der Waals surface area contributed by atoms with Crippen molar-refractivity contribution >= 4 is 11.8 Å². The van der Waals surface area contributed by atoms with Crippen molar-refractivity contribution in [1.29, 1.82) is 0 Å². The molecule has 0 saturated carbocycles. The minimum Gasteiger partial charge on any atom is -0.160 e. The van der Waals surface area contributed by atoms with E-state index in [2.05, 4.69) is 0 Å². The average Bonchev–Trinajstić information content (AvgIpc) is 1.95. The zero-order chi connectivity index (χ0) is 9.61. The zero-order valence-electron chi connectivity index (χ0n) is 7.45. The van der Waals surface area contributed by atoms with Crippen LogP contribution >= 0.6 is 11.8 Å². The molecule has 0 amide bonds. The van der Waals surface area contributed by atoms with Crippen LogP contribution in [0.2, 0.25) is 0 Å². The van der Waals surface area contributed by atoms with Gasteiger partial charge in [0.1, 0.15) is 0 Å². The summed E-state index contributed by atoms with van der Waals surface area (Å²) in [5.74, 6) is 0. The highest BCUT2D eigenvalue weighted by Crippen LogP contribution is 2.36. The van der Waals surface area contributed by atoms with Gasteiger partial charge in [0.25, 0.3) is 0 Å². The summed E-state index contributed by atoms with van der Waals surface area (Å²) in [4.78, 5) is 0. The Morgan fingerprint density at radius 3 is 2.17 bits per heavy atom. The first kappa shape index (κ1) is 12.1. The Morgan fingerprint density at radius 2 is 1.83 bits per heavy atom. The number of rotatable bonds is 5. The molecule has 0 aliphatic rings. The van der Waals surface area contributed by atoms with Crippen molar-refractivity contribution in [3.05, 3.63) is 0 Å². The van der Waals surface area contributed by atoms with Crippen LogP contribution in [0.5, 0.6) is 0 Å². The third-order valence-electron chi connectivity index (χ3n) is 1.64. The Labute approximate surface area is 75.9 Å². The first-order valence-corrected chi connectivity index (χ1v) is 5.12. The lowest BCUT2D eigenvalue weighted by Gasteiger charge is -2.15. The molecular weight excluding hydrogens is 185 g/mol. The van der Waals surface area contributed by atoms with Crippen molar-refractivity contribution in [2.75, 3.05) is 0 Å². The van der Waals surface area contributed by atoms with Crippen molar-refractivity contribution in [2.24, 2.45) is 0 Å². The quantitative estimate of drug-likeness (QED) is 0.640. The summed E-state index contributed by atoms with van der Waals surface area (Å²) in [5, 5.41) is -0.245. The van der Waals surface area contributed by atoms with E-state index in [4.69, 9.17) is 0 Å². The molecule has 0 spiro atoms. The topological polar surface area (TPSA) is 0 Å². The molecule has 0 aliphatic heterocycles. The van der Waals surface area contributed by atoms with E-state index in [-0.39, 0.29) is 17.0 Å². The van der Waals surface area contributed by atoms with Crippen LogP contribution in [-0.2, 0) is 0 Å². The number of halogens is 3. The van der Waals surface area contributed by atoms with Crippen LogP contribution in [-0.4, -0.2) is 10.8 Å². The van der Waals surface area contributed by atoms with Crippen LogP contribution in [0, 0.1) is 0 Å². The Bertz CT molecular complexity index is 111. The van der Waals surface area contributed by atoms with E-state index in [1.807, 2.05) is 6.92 Å². The molecule has 4 heteroatoms. The molecule has 0 N–H and O–H groups in total. The molecule has 0 heterocycles. The number of hydrogen-bond donors (Lipinski definition) is 0. The van der Waals surface area contributed by atoms with E-state index in [0.29, 0.717) is 12.8 Å². The molecule has 0 aromatic carbocycles. The molecule has 0 aromatic heterocycles. The first-order valence-electron chi connectivity index (χ1n) is 4.24. The lowest BCUT2D eigenvalue weighted by atomic mass is 10.2. The van der Waals surface area contributed by atoms with Crippen LogP contribution in [0.3, 0.4) is 0 Å². The summed E-state index contributed by atoms with van der Waals surface area (Å²) >= 11 is 0.142. The third kappa shape index (κ3) is 6.83. The van der Waals surface area contributed by atoms with Crippen LogP contribution in [0.4, 0.5) is 13.2 Å². The summed E-state index contributed by atoms with van der Waals surface area (Å²) in [7, 11) is 0. The fourth-order valence-electron chi connectivity index (χ4n) is 0.967. The second-order valence-electron chi connectivity index (χ2n) is 2.74. The van der Waals surface area contributed by atoms with Gasteiger partial charge in [0.15, 0.2) is 0 Å². The molecule has 0 bridgehead atoms. The van der Waals surface area contributed by atoms with Gasteiger partial charge in [-0.25, -0.2) is 0 Å². The predicted molar refractivity (Wildman–Crippen MR) is 47.3 cm³/mol. The molecule has 74 valence electrons. The summed E-state index contributed by atoms with van der Waals surface area (Å²) in [6.45, 7) is 3.80. The van der Waals surface area contributed by atoms with E-state index < -0.39 is 5.51 Å². The normalized spacial score (nSPS) is 14.8. The monoisotopic (exact) mass is 200 g/mol. The smallest absolute Gasteiger partial charge is 0.160 e. The minimum atomic E-state index is -4.06. The number of thioether (sulfide) groups is 1. The molecule has 0 radical (unpaired) electrons. The Hall–Kier alpha value is 0.140. The maximum atomic E-state index is 11.9. The minimum absolute atomic E-state index is 0.142. The molecule has 0 saturated heterocycles. The van der Waals surface area contributed by atoms with Crippen molar-refractivity contribution in [1.82, 2.24) is 0 Å². The lowest BCUT2D eigenvalue weighted by molar-refractivity contribution is -0.0334. The van der Waals surface area contributed by atoms with Gasteiger partial charge in [-0.05, 0) is 24.6 Å². The molecule has 1 atom stereocenters. The molecular formula is C8H15F3S. The number of alkyl halides is 3. The van der Waals surface area contributed by atoms with Gasteiger partial charge in [-0.1, -0.05) is 26.7 Å². The van der Waals surface area contributed by atoms with E-state index in [1.165, 1.54) is 0 Å². The van der Waals surface area contributed by atoms with E-state index in [1.54, 1.807) is 6.92 Å². The highest BCUT2D eigenvalue weighted by atomic mass is 32.2. The largest absolute Gasteiger partial charge is 0.442 e. The Morgan fingerprint density at radius 1 is 1.25 bits per heavy atom. The maximum absolute atomic E-state index is 11.9. The molecule has 0 aliphatic carbocycles. The van der Waals surface area contributed by atoms with Gasteiger partial charge < -0.3 is 0 Å². The fraction of sp³-hybridized carbons (Fsp3) is 1.00. The van der Waals surface area contributed by atoms with Gasteiger partial charge in [0, 0.05) is 5.25 Å². The van der Waals surface area contributed by atoms with Gasteiger partial charge in [-0.2, -0.15) is 13.2 Å². The van der Waals surface area contributed by atoms with Crippen LogP contribution in [0.1, 0.15) is 39.5 Å². The highest BCUT2D eigenvalue weighted by molar-refractivity contribution is 8.00. The van der Waals surface area contributed by atoms with Crippen molar-refractivity contribution in [2.45, 2.75) is 50.3 Å². The average molecular weight is 200 g/mol. The summed E-state index contributed by atoms with van der Waals surface area (Å²) in [5.41, 5.74) is -4.06. The maximum Gasteiger partial charge on any atom is 0.442 e. The lowest BCUT2D eigenvalue weighted by Crippen LogP contribution is -2.10. The highest BCUT2D eigenvalue weighted by Gasteiger charge is 2.31. The second kappa shape index (κ2) is 5.73. The molecule has 12 heavy (non-hydrogen) atoms. The van der Waals surface area contributed by atoms with Crippen molar-refractivity contribution in [3.63, 3.8) is 0 Å². The van der Waals surface area contributed by atoms with Crippen LogP contribution < -0.4 is 0 Å². The van der Waals surface area contributed by atoms with Gasteiger partial charge in [0.2, 0.25) is 0 Å². The molecule has 0 aromatic rings. The van der Waals surface area contributed by atoms with E-state index in [9.17, 15) is 13.2 Å². The zero-order valence-corrected chi connectivity index (χ0v) is 8.26. The Balaban J connectivity index is 3.67. The number of hydrogen-bond acceptors (Lipinski definition) is 1. The van der Waals surface area contributed by atoms with Gasteiger partial charge in [-0.3, -0.25) is 0 Å². The molecule has 0 rings (SSSR count). The first-order chi connectivity index (χ1) is 5.49. The Kier molecular flexibility index (Phi) is 5.80. The molecule has 1 unspecified atom stereocenters. The van der Waals surface area contributed by atoms with E-state index in [0.717, 1.165) is 12.8 Å². The second-order valence-corrected chi connectivity index (χ2v) is 4.10. The molecule has 0 nitrogen and oxygen atoms in total. The number of unbranched alkanes of at least 4 members (excludes halogenated alkanes) is 1. The van der Waals surface area contributed by atoms with Gasteiger partial charge in [-0.15, -0.1) is 0 Å². The van der Waals surface area contributed by atoms with Crippen LogP contribution in [0.25, 0.3) is 0 Å². The standard InChI is InChI=1S/C8H15F3S/c1-3-5-6-7(4-2)12-8(9,10)11/h7H,3-6H2,1-2H3.